The van der Waals surface area contributed by atoms with Crippen molar-refractivity contribution in [3.63, 3.8) is 0 Å². The van der Waals surface area contributed by atoms with Gasteiger partial charge in [0.05, 0.1) is 34.0 Å². The van der Waals surface area contributed by atoms with E-state index < -0.39 is 15.4 Å². The van der Waals surface area contributed by atoms with Crippen molar-refractivity contribution < 1.29 is 13.2 Å². The third-order valence-electron chi connectivity index (χ3n) is 8.51. The maximum atomic E-state index is 13.5. The van der Waals surface area contributed by atoms with E-state index in [-0.39, 0.29) is 29.2 Å². The van der Waals surface area contributed by atoms with Gasteiger partial charge >= 0.3 is 0 Å². The van der Waals surface area contributed by atoms with E-state index in [1.807, 2.05) is 54.7 Å². The van der Waals surface area contributed by atoms with E-state index in [0.717, 1.165) is 53.9 Å². The number of rotatable bonds is 6. The lowest BCUT2D eigenvalue weighted by Crippen LogP contribution is -2.42. The van der Waals surface area contributed by atoms with Crippen LogP contribution in [0.2, 0.25) is 5.02 Å². The van der Waals surface area contributed by atoms with Crippen molar-refractivity contribution in [1.82, 2.24) is 15.1 Å². The number of carbonyl (C=O) groups excluding carboxylic acids is 1. The van der Waals surface area contributed by atoms with Crippen LogP contribution in [0, 0.1) is 17.2 Å². The summed E-state index contributed by atoms with van der Waals surface area (Å²) in [5.41, 5.74) is 3.82. The van der Waals surface area contributed by atoms with E-state index in [1.165, 1.54) is 0 Å². The molecule has 2 unspecified atom stereocenters. The highest BCUT2D eigenvalue weighted by Crippen LogP contribution is 2.43. The molecule has 2 aliphatic carbocycles. The molecular formula is C30H32ClN5O3S. The average Bonchev–Trinajstić information content (AvgIpc) is 3.60. The molecule has 8 nitrogen and oxygen atoms in total. The Labute approximate surface area is 239 Å². The predicted molar refractivity (Wildman–Crippen MR) is 155 cm³/mol. The van der Waals surface area contributed by atoms with Gasteiger partial charge in [-0.3, -0.25) is 4.79 Å². The van der Waals surface area contributed by atoms with Crippen molar-refractivity contribution in [3.05, 3.63) is 65.4 Å². The van der Waals surface area contributed by atoms with Crippen LogP contribution in [0.3, 0.4) is 0 Å². The molecule has 3 aromatic rings. The van der Waals surface area contributed by atoms with Crippen LogP contribution in [-0.4, -0.2) is 54.2 Å². The second kappa shape index (κ2) is 10.6. The smallest absolute Gasteiger partial charge is 0.225 e. The van der Waals surface area contributed by atoms with Gasteiger partial charge in [0.25, 0.3) is 0 Å². The van der Waals surface area contributed by atoms with Gasteiger partial charge in [-0.05, 0) is 55.5 Å². The molecule has 3 aliphatic rings. The summed E-state index contributed by atoms with van der Waals surface area (Å²) in [5.74, 6) is -0.0717. The number of sulfone groups is 1. The summed E-state index contributed by atoms with van der Waals surface area (Å²) in [5, 5.41) is 18.2. The molecule has 1 N–H and O–H groups in total. The number of amides is 1. The minimum absolute atomic E-state index is 0.0580. The fraction of sp³-hybridized carbons (Fsp3) is 0.433. The van der Waals surface area contributed by atoms with Crippen molar-refractivity contribution >= 4 is 33.0 Å². The van der Waals surface area contributed by atoms with Crippen LogP contribution < -0.4 is 10.2 Å². The molecule has 40 heavy (non-hydrogen) atoms. The Morgan fingerprint density at radius 1 is 1.05 bits per heavy atom. The summed E-state index contributed by atoms with van der Waals surface area (Å²) in [6, 6.07) is 18.0. The first kappa shape index (κ1) is 26.9. The molecule has 0 bridgehead atoms. The van der Waals surface area contributed by atoms with Crippen molar-refractivity contribution in [1.29, 1.82) is 5.26 Å². The highest BCUT2D eigenvalue weighted by molar-refractivity contribution is 7.91. The first-order valence-corrected chi connectivity index (χ1v) is 16.1. The van der Waals surface area contributed by atoms with E-state index in [4.69, 9.17) is 16.7 Å². The van der Waals surface area contributed by atoms with E-state index >= 15 is 0 Å². The molecular weight excluding hydrogens is 546 g/mol. The third-order valence-corrected chi connectivity index (χ3v) is 10.4. The van der Waals surface area contributed by atoms with Gasteiger partial charge in [-0.15, -0.1) is 0 Å². The normalized spacial score (nSPS) is 23.2. The Hall–Kier alpha value is -3.35. The molecule has 1 saturated heterocycles. The van der Waals surface area contributed by atoms with E-state index in [0.29, 0.717) is 31.0 Å². The van der Waals surface area contributed by atoms with Crippen LogP contribution in [0.4, 0.5) is 5.69 Å². The molecule has 0 spiro atoms. The highest BCUT2D eigenvalue weighted by atomic mass is 35.5. The Morgan fingerprint density at radius 3 is 2.42 bits per heavy atom. The zero-order valence-electron chi connectivity index (χ0n) is 22.2. The monoisotopic (exact) mass is 577 g/mol. The fourth-order valence-corrected chi connectivity index (χ4v) is 7.38. The number of hydrogen-bond donors (Lipinski definition) is 1. The number of para-hydroxylation sites is 1. The molecule has 1 amide bonds. The van der Waals surface area contributed by atoms with Gasteiger partial charge in [-0.25, -0.2) is 13.1 Å². The van der Waals surface area contributed by atoms with Crippen molar-refractivity contribution in [3.8, 4) is 22.9 Å². The third kappa shape index (κ3) is 5.35. The van der Waals surface area contributed by atoms with E-state index in [9.17, 15) is 18.5 Å². The number of benzene rings is 2. The van der Waals surface area contributed by atoms with Crippen LogP contribution in [0.5, 0.6) is 0 Å². The molecule has 3 fully saturated rings. The molecule has 0 radical (unpaired) electrons. The van der Waals surface area contributed by atoms with Crippen molar-refractivity contribution in [2.24, 2.45) is 5.92 Å². The maximum absolute atomic E-state index is 13.5. The second-order valence-electron chi connectivity index (χ2n) is 11.2. The van der Waals surface area contributed by atoms with Gasteiger partial charge in [0, 0.05) is 42.4 Å². The van der Waals surface area contributed by atoms with Gasteiger partial charge in [0.2, 0.25) is 5.91 Å². The molecule has 1 aliphatic heterocycles. The van der Waals surface area contributed by atoms with Gasteiger partial charge in [0.15, 0.2) is 9.84 Å². The number of hydrogen-bond acceptors (Lipinski definition) is 6. The number of nitrogens with zero attached hydrogens (tertiary/aromatic N) is 4. The molecule has 10 heteroatoms. The van der Waals surface area contributed by atoms with E-state index in [2.05, 4.69) is 16.3 Å². The zero-order chi connectivity index (χ0) is 27.9. The number of aromatic nitrogens is 2. The second-order valence-corrected chi connectivity index (χ2v) is 13.9. The molecule has 6 rings (SSSR count). The Kier molecular flexibility index (Phi) is 7.09. The van der Waals surface area contributed by atoms with Gasteiger partial charge in [-0.1, -0.05) is 48.7 Å². The first-order valence-electron chi connectivity index (χ1n) is 13.9. The van der Waals surface area contributed by atoms with Gasteiger partial charge < -0.3 is 10.2 Å². The quantitative estimate of drug-likeness (QED) is 0.448. The summed E-state index contributed by atoms with van der Waals surface area (Å²) in [6.07, 6.45) is 6.96. The lowest BCUT2D eigenvalue weighted by Gasteiger charge is -2.31. The zero-order valence-corrected chi connectivity index (χ0v) is 23.8. The minimum Gasteiger partial charge on any atom is -0.369 e. The number of carbonyl (C=O) groups is 1. The highest BCUT2D eigenvalue weighted by Gasteiger charge is 2.47. The molecule has 2 atom stereocenters. The van der Waals surface area contributed by atoms with Crippen LogP contribution in [0.15, 0.2) is 54.7 Å². The average molecular weight is 578 g/mol. The summed E-state index contributed by atoms with van der Waals surface area (Å²) in [7, 11) is -2.96. The molecule has 2 saturated carbocycles. The SMILES string of the molecule is N#CC1(NC(=O)C2CCCCC2c2nn(-c3ccccc3Cl)cc2-c2ccc(N3CCS(=O)(=O)CC3)cc2)CC1. The fourth-order valence-electron chi connectivity index (χ4n) is 5.96. The summed E-state index contributed by atoms with van der Waals surface area (Å²) < 4.78 is 25.6. The Balaban J connectivity index is 1.36. The van der Waals surface area contributed by atoms with Crippen molar-refractivity contribution in [2.45, 2.75) is 50.0 Å². The number of halogens is 1. The Morgan fingerprint density at radius 2 is 1.75 bits per heavy atom. The van der Waals surface area contributed by atoms with Crippen LogP contribution in [0.25, 0.3) is 16.8 Å². The minimum atomic E-state index is -2.96. The molecule has 208 valence electrons. The summed E-state index contributed by atoms with van der Waals surface area (Å²) >= 11 is 6.55. The number of nitrogens with one attached hydrogen (secondary N) is 1. The number of nitriles is 1. The van der Waals surface area contributed by atoms with Crippen LogP contribution >= 0.6 is 11.6 Å². The maximum Gasteiger partial charge on any atom is 0.225 e. The van der Waals surface area contributed by atoms with Crippen molar-refractivity contribution in [2.75, 3.05) is 29.5 Å². The van der Waals surface area contributed by atoms with Crippen LogP contribution in [0.1, 0.15) is 50.1 Å². The lowest BCUT2D eigenvalue weighted by atomic mass is 9.75. The topological polar surface area (TPSA) is 108 Å². The molecule has 1 aromatic heterocycles. The molecule has 2 heterocycles. The van der Waals surface area contributed by atoms with Gasteiger partial charge in [0.1, 0.15) is 5.54 Å². The summed E-state index contributed by atoms with van der Waals surface area (Å²) in [4.78, 5) is 15.6. The molecule has 2 aromatic carbocycles. The standard InChI is InChI=1S/C30H32ClN5O3S/c31-26-7-3-4-8-27(26)36-19-25(21-9-11-22(12-10-21)35-15-17-40(38,39)18-16-35)28(34-36)23-5-1-2-6-24(23)29(37)33-30(20-32)13-14-30/h3-4,7-12,19,23-24H,1-2,5-6,13-18H2,(H,33,37). The number of anilines is 1. The first-order chi connectivity index (χ1) is 19.3. The lowest BCUT2D eigenvalue weighted by molar-refractivity contribution is -0.127. The predicted octanol–water partition coefficient (Wildman–Crippen LogP) is 4.87. The Bertz CT molecular complexity index is 1560. The summed E-state index contributed by atoms with van der Waals surface area (Å²) in [6.45, 7) is 0.973. The van der Waals surface area contributed by atoms with Crippen LogP contribution in [-0.2, 0) is 14.6 Å². The van der Waals surface area contributed by atoms with Gasteiger partial charge in [-0.2, -0.15) is 10.4 Å². The van der Waals surface area contributed by atoms with E-state index in [1.54, 1.807) is 4.68 Å². The largest absolute Gasteiger partial charge is 0.369 e.